The molecule has 1 aliphatic heterocycles. The zero-order valence-electron chi connectivity index (χ0n) is 10.5. The van der Waals surface area contributed by atoms with E-state index in [9.17, 15) is 14.4 Å². The standard InChI is InChI=1S/C13H14N2O4/c1-2-19-13(18)12(17)15-10-4-3-8(7-14)5-9(10)6-11(15)16/h3-5H,2,6-7,14H2,1H3. The summed E-state index contributed by atoms with van der Waals surface area (Å²) in [6, 6.07) is 5.12. The minimum absolute atomic E-state index is 0.0889. The highest BCUT2D eigenvalue weighted by molar-refractivity contribution is 6.44. The van der Waals surface area contributed by atoms with Gasteiger partial charge in [-0.15, -0.1) is 0 Å². The first kappa shape index (κ1) is 13.2. The molecule has 0 atom stereocenters. The molecule has 0 unspecified atom stereocenters. The first-order valence-corrected chi connectivity index (χ1v) is 5.94. The van der Waals surface area contributed by atoms with Crippen molar-refractivity contribution in [2.75, 3.05) is 11.5 Å². The second kappa shape index (κ2) is 5.19. The molecule has 0 saturated heterocycles. The fourth-order valence-electron chi connectivity index (χ4n) is 2.01. The number of fused-ring (bicyclic) bond motifs is 1. The Balaban J connectivity index is 2.32. The van der Waals surface area contributed by atoms with Crippen LogP contribution >= 0.6 is 0 Å². The van der Waals surface area contributed by atoms with Crippen LogP contribution in [0.25, 0.3) is 0 Å². The molecule has 0 aromatic heterocycles. The Morgan fingerprint density at radius 1 is 1.42 bits per heavy atom. The number of hydrogen-bond donors (Lipinski definition) is 1. The monoisotopic (exact) mass is 262 g/mol. The molecule has 2 amide bonds. The molecule has 0 fully saturated rings. The van der Waals surface area contributed by atoms with Crippen LogP contribution in [0.15, 0.2) is 18.2 Å². The number of rotatable bonds is 2. The molecule has 2 N–H and O–H groups in total. The second-order valence-electron chi connectivity index (χ2n) is 4.10. The van der Waals surface area contributed by atoms with E-state index in [1.807, 2.05) is 0 Å². The van der Waals surface area contributed by atoms with Gasteiger partial charge in [-0.25, -0.2) is 9.69 Å². The number of benzene rings is 1. The van der Waals surface area contributed by atoms with Crippen LogP contribution in [-0.4, -0.2) is 24.4 Å². The van der Waals surface area contributed by atoms with Crippen LogP contribution in [0.4, 0.5) is 5.69 Å². The van der Waals surface area contributed by atoms with E-state index in [0.717, 1.165) is 10.5 Å². The fraction of sp³-hybridized carbons (Fsp3) is 0.308. The summed E-state index contributed by atoms with van der Waals surface area (Å²) in [6.07, 6.45) is 0.0916. The van der Waals surface area contributed by atoms with Crippen molar-refractivity contribution < 1.29 is 19.1 Å². The molecular formula is C13H14N2O4. The third-order valence-corrected chi connectivity index (χ3v) is 2.86. The normalized spacial score (nSPS) is 13.4. The van der Waals surface area contributed by atoms with Crippen LogP contribution < -0.4 is 10.6 Å². The number of carbonyl (C=O) groups is 3. The Morgan fingerprint density at radius 2 is 2.16 bits per heavy atom. The number of esters is 1. The number of amides is 2. The zero-order chi connectivity index (χ0) is 14.0. The van der Waals surface area contributed by atoms with E-state index in [2.05, 4.69) is 4.74 Å². The largest absolute Gasteiger partial charge is 0.459 e. The molecule has 2 rings (SSSR count). The molecular weight excluding hydrogens is 248 g/mol. The van der Waals surface area contributed by atoms with E-state index in [1.165, 1.54) is 0 Å². The summed E-state index contributed by atoms with van der Waals surface area (Å²) in [7, 11) is 0. The Hall–Kier alpha value is -2.21. The Bertz CT molecular complexity index is 554. The van der Waals surface area contributed by atoms with E-state index in [-0.39, 0.29) is 13.0 Å². The molecule has 100 valence electrons. The lowest BCUT2D eigenvalue weighted by molar-refractivity contribution is -0.154. The van der Waals surface area contributed by atoms with E-state index in [0.29, 0.717) is 17.8 Å². The Morgan fingerprint density at radius 3 is 2.79 bits per heavy atom. The molecule has 1 heterocycles. The van der Waals surface area contributed by atoms with Gasteiger partial charge in [-0.2, -0.15) is 0 Å². The molecule has 0 saturated carbocycles. The van der Waals surface area contributed by atoms with Crippen LogP contribution in [0, 0.1) is 0 Å². The molecule has 0 aliphatic carbocycles. The molecule has 19 heavy (non-hydrogen) atoms. The van der Waals surface area contributed by atoms with Gasteiger partial charge in [0.2, 0.25) is 5.91 Å². The molecule has 6 nitrogen and oxygen atoms in total. The van der Waals surface area contributed by atoms with Crippen molar-refractivity contribution in [1.82, 2.24) is 0 Å². The van der Waals surface area contributed by atoms with Crippen LogP contribution in [-0.2, 0) is 32.1 Å². The predicted octanol–water partition coefficient (Wildman–Crippen LogP) is 0.124. The summed E-state index contributed by atoms with van der Waals surface area (Å²) in [6.45, 7) is 2.04. The first-order valence-electron chi connectivity index (χ1n) is 5.94. The smallest absolute Gasteiger partial charge is 0.397 e. The lowest BCUT2D eigenvalue weighted by Gasteiger charge is -2.14. The molecule has 1 aromatic carbocycles. The number of anilines is 1. The number of hydrogen-bond acceptors (Lipinski definition) is 5. The fourth-order valence-corrected chi connectivity index (χ4v) is 2.01. The molecule has 6 heteroatoms. The number of nitrogens with zero attached hydrogens (tertiary/aromatic N) is 1. The maximum absolute atomic E-state index is 11.9. The van der Waals surface area contributed by atoms with E-state index >= 15 is 0 Å². The summed E-state index contributed by atoms with van der Waals surface area (Å²) in [5.74, 6) is -2.40. The van der Waals surface area contributed by atoms with Gasteiger partial charge in [0.25, 0.3) is 0 Å². The van der Waals surface area contributed by atoms with Crippen LogP contribution in [0.2, 0.25) is 0 Å². The lowest BCUT2D eigenvalue weighted by atomic mass is 10.1. The average molecular weight is 262 g/mol. The van der Waals surface area contributed by atoms with Gasteiger partial charge < -0.3 is 10.5 Å². The topological polar surface area (TPSA) is 89.7 Å². The molecule has 0 spiro atoms. The number of imide groups is 1. The van der Waals surface area contributed by atoms with Gasteiger partial charge >= 0.3 is 11.9 Å². The van der Waals surface area contributed by atoms with Crippen molar-refractivity contribution in [2.45, 2.75) is 19.9 Å². The quantitative estimate of drug-likeness (QED) is 0.604. The highest BCUT2D eigenvalue weighted by Gasteiger charge is 2.36. The van der Waals surface area contributed by atoms with Gasteiger partial charge in [0, 0.05) is 6.54 Å². The Kier molecular flexibility index (Phi) is 3.62. The second-order valence-corrected chi connectivity index (χ2v) is 4.10. The number of ether oxygens (including phenoxy) is 1. The van der Waals surface area contributed by atoms with Gasteiger partial charge in [0.15, 0.2) is 0 Å². The van der Waals surface area contributed by atoms with E-state index in [1.54, 1.807) is 25.1 Å². The molecule has 0 radical (unpaired) electrons. The van der Waals surface area contributed by atoms with Crippen LogP contribution in [0.3, 0.4) is 0 Å². The summed E-state index contributed by atoms with van der Waals surface area (Å²) in [4.78, 5) is 36.0. The molecule has 1 aliphatic rings. The minimum atomic E-state index is -1.02. The van der Waals surface area contributed by atoms with Gasteiger partial charge in [-0.1, -0.05) is 12.1 Å². The van der Waals surface area contributed by atoms with E-state index < -0.39 is 17.8 Å². The average Bonchev–Trinajstić information content (AvgIpc) is 2.72. The third kappa shape index (κ3) is 2.34. The van der Waals surface area contributed by atoms with Crippen molar-refractivity contribution in [2.24, 2.45) is 5.73 Å². The maximum atomic E-state index is 11.9. The van der Waals surface area contributed by atoms with Crippen LogP contribution in [0.1, 0.15) is 18.1 Å². The predicted molar refractivity (Wildman–Crippen MR) is 67.2 cm³/mol. The van der Waals surface area contributed by atoms with Crippen molar-refractivity contribution in [3.05, 3.63) is 29.3 Å². The van der Waals surface area contributed by atoms with Crippen molar-refractivity contribution in [1.29, 1.82) is 0 Å². The van der Waals surface area contributed by atoms with Crippen LogP contribution in [0.5, 0.6) is 0 Å². The maximum Gasteiger partial charge on any atom is 0.397 e. The number of nitrogens with two attached hydrogens (primary N) is 1. The lowest BCUT2D eigenvalue weighted by Crippen LogP contribution is -2.39. The third-order valence-electron chi connectivity index (χ3n) is 2.86. The van der Waals surface area contributed by atoms with Gasteiger partial charge in [0.05, 0.1) is 18.7 Å². The van der Waals surface area contributed by atoms with E-state index in [4.69, 9.17) is 5.73 Å². The van der Waals surface area contributed by atoms with Crippen molar-refractivity contribution >= 4 is 23.5 Å². The van der Waals surface area contributed by atoms with Gasteiger partial charge in [0.1, 0.15) is 0 Å². The summed E-state index contributed by atoms with van der Waals surface area (Å²) in [5, 5.41) is 0. The highest BCUT2D eigenvalue weighted by atomic mass is 16.5. The van der Waals surface area contributed by atoms with Gasteiger partial charge in [-0.3, -0.25) is 9.59 Å². The molecule has 0 bridgehead atoms. The summed E-state index contributed by atoms with van der Waals surface area (Å²) >= 11 is 0. The minimum Gasteiger partial charge on any atom is -0.459 e. The van der Waals surface area contributed by atoms with Gasteiger partial charge in [-0.05, 0) is 24.1 Å². The zero-order valence-corrected chi connectivity index (χ0v) is 10.5. The molecule has 1 aromatic rings. The number of carbonyl (C=O) groups excluding carboxylic acids is 3. The first-order chi connectivity index (χ1) is 9.08. The SMILES string of the molecule is CCOC(=O)C(=O)N1C(=O)Cc2cc(CN)ccc21. The van der Waals surface area contributed by atoms with Crippen molar-refractivity contribution in [3.8, 4) is 0 Å². The highest BCUT2D eigenvalue weighted by Crippen LogP contribution is 2.29. The van der Waals surface area contributed by atoms with Crippen molar-refractivity contribution in [3.63, 3.8) is 0 Å². The summed E-state index contributed by atoms with van der Waals surface area (Å²) in [5.41, 5.74) is 7.52. The Labute approximate surface area is 110 Å². The summed E-state index contributed by atoms with van der Waals surface area (Å²) < 4.78 is 4.62.